The Balaban J connectivity index is 2.08. The first-order valence-electron chi connectivity index (χ1n) is 5.13. The molecule has 7 nitrogen and oxygen atoms in total. The number of nitrogens with one attached hydrogen (secondary N) is 1. The molecule has 7 heteroatoms. The van der Waals surface area contributed by atoms with Crippen LogP contribution in [-0.2, 0) is 4.74 Å². The first-order valence-corrected chi connectivity index (χ1v) is 5.13. The number of ether oxygens (including phenoxy) is 1. The van der Waals surface area contributed by atoms with Crippen molar-refractivity contribution >= 4 is 11.8 Å². The molecule has 3 rings (SSSR count). The van der Waals surface area contributed by atoms with Gasteiger partial charge in [-0.15, -0.1) is 5.10 Å². The zero-order valence-corrected chi connectivity index (χ0v) is 8.83. The molecule has 1 aromatic carbocycles. The number of tetrazole rings is 1. The third-order valence-electron chi connectivity index (χ3n) is 2.56. The van der Waals surface area contributed by atoms with E-state index in [1.807, 2.05) is 24.3 Å². The van der Waals surface area contributed by atoms with Gasteiger partial charge in [0.15, 0.2) is 5.82 Å². The number of carbonyl (C=O) groups is 1. The number of hydrogen-bond donors (Lipinski definition) is 1. The van der Waals surface area contributed by atoms with E-state index in [0.29, 0.717) is 19.0 Å². The molecule has 1 aromatic heterocycles. The smallest absolute Gasteiger partial charge is 0.414 e. The van der Waals surface area contributed by atoms with Crippen LogP contribution in [-0.4, -0.2) is 39.9 Å². The van der Waals surface area contributed by atoms with Crippen molar-refractivity contribution in [2.24, 2.45) is 0 Å². The number of benzene rings is 1. The van der Waals surface area contributed by atoms with Crippen LogP contribution in [0.15, 0.2) is 24.3 Å². The van der Waals surface area contributed by atoms with Gasteiger partial charge in [0.05, 0.1) is 12.2 Å². The number of cyclic esters (lactones) is 1. The lowest BCUT2D eigenvalue weighted by Gasteiger charge is -2.15. The van der Waals surface area contributed by atoms with Gasteiger partial charge in [-0.05, 0) is 22.6 Å². The highest BCUT2D eigenvalue weighted by atomic mass is 16.6. The summed E-state index contributed by atoms with van der Waals surface area (Å²) in [4.78, 5) is 13.1. The highest BCUT2D eigenvalue weighted by molar-refractivity contribution is 5.94. The van der Waals surface area contributed by atoms with Gasteiger partial charge in [-0.2, -0.15) is 0 Å². The number of amides is 1. The summed E-state index contributed by atoms with van der Waals surface area (Å²) in [6.07, 6.45) is -0.343. The van der Waals surface area contributed by atoms with Gasteiger partial charge in [0, 0.05) is 5.56 Å². The second-order valence-electron chi connectivity index (χ2n) is 3.53. The fourth-order valence-electron chi connectivity index (χ4n) is 1.79. The number of anilines is 1. The molecule has 86 valence electrons. The number of rotatable bonds is 2. The normalized spacial score (nSPS) is 15.1. The lowest BCUT2D eigenvalue weighted by atomic mass is 10.1. The molecule has 0 radical (unpaired) electrons. The predicted molar refractivity (Wildman–Crippen MR) is 58.3 cm³/mol. The van der Waals surface area contributed by atoms with Crippen LogP contribution in [0.5, 0.6) is 0 Å². The molecule has 0 spiro atoms. The van der Waals surface area contributed by atoms with Crippen molar-refractivity contribution in [3.63, 3.8) is 0 Å². The third kappa shape index (κ3) is 1.61. The number of carbonyl (C=O) groups excluding carboxylic acids is 1. The van der Waals surface area contributed by atoms with Crippen molar-refractivity contribution in [1.29, 1.82) is 0 Å². The number of para-hydroxylation sites is 1. The first-order chi connectivity index (χ1) is 8.36. The molecule has 1 aliphatic rings. The van der Waals surface area contributed by atoms with Gasteiger partial charge in [0.2, 0.25) is 0 Å². The summed E-state index contributed by atoms with van der Waals surface area (Å²) in [5.74, 6) is 0.528. The summed E-state index contributed by atoms with van der Waals surface area (Å²) >= 11 is 0. The summed E-state index contributed by atoms with van der Waals surface area (Å²) in [5.41, 5.74) is 1.52. The molecule has 1 amide bonds. The van der Waals surface area contributed by atoms with Gasteiger partial charge < -0.3 is 4.74 Å². The van der Waals surface area contributed by atoms with E-state index in [2.05, 4.69) is 20.6 Å². The van der Waals surface area contributed by atoms with Gasteiger partial charge in [-0.25, -0.2) is 9.89 Å². The SMILES string of the molecule is O=C1OCCN1c1ccccc1-c1nnn[nH]1. The maximum atomic E-state index is 11.5. The molecule has 0 saturated carbocycles. The number of hydrogen-bond acceptors (Lipinski definition) is 5. The van der Waals surface area contributed by atoms with Gasteiger partial charge >= 0.3 is 6.09 Å². The minimum atomic E-state index is -0.343. The quantitative estimate of drug-likeness (QED) is 0.827. The molecule has 0 aliphatic carbocycles. The van der Waals surface area contributed by atoms with Crippen LogP contribution in [0.3, 0.4) is 0 Å². The zero-order valence-electron chi connectivity index (χ0n) is 8.83. The lowest BCUT2D eigenvalue weighted by molar-refractivity contribution is 0.181. The van der Waals surface area contributed by atoms with E-state index < -0.39 is 0 Å². The van der Waals surface area contributed by atoms with Crippen LogP contribution >= 0.6 is 0 Å². The minimum Gasteiger partial charge on any atom is -0.447 e. The highest BCUT2D eigenvalue weighted by Crippen LogP contribution is 2.29. The summed E-state index contributed by atoms with van der Waals surface area (Å²) in [6.45, 7) is 0.944. The van der Waals surface area contributed by atoms with Crippen LogP contribution < -0.4 is 4.90 Å². The van der Waals surface area contributed by atoms with Crippen molar-refractivity contribution in [2.45, 2.75) is 0 Å². The summed E-state index contributed by atoms with van der Waals surface area (Å²) < 4.78 is 4.92. The fourth-order valence-corrected chi connectivity index (χ4v) is 1.79. The molecule has 2 heterocycles. The number of H-pyrrole nitrogens is 1. The van der Waals surface area contributed by atoms with E-state index in [9.17, 15) is 4.79 Å². The van der Waals surface area contributed by atoms with E-state index >= 15 is 0 Å². The van der Waals surface area contributed by atoms with Gasteiger partial charge in [0.25, 0.3) is 0 Å². The Morgan fingerprint density at radius 3 is 2.94 bits per heavy atom. The number of nitrogens with zero attached hydrogens (tertiary/aromatic N) is 4. The monoisotopic (exact) mass is 231 g/mol. The lowest BCUT2D eigenvalue weighted by Crippen LogP contribution is -2.23. The molecule has 1 saturated heterocycles. The molecular weight excluding hydrogens is 222 g/mol. The Kier molecular flexibility index (Phi) is 2.21. The van der Waals surface area contributed by atoms with E-state index in [1.54, 1.807) is 4.90 Å². The first kappa shape index (κ1) is 9.76. The fraction of sp³-hybridized carbons (Fsp3) is 0.200. The van der Waals surface area contributed by atoms with E-state index in [-0.39, 0.29) is 6.09 Å². The van der Waals surface area contributed by atoms with Crippen molar-refractivity contribution in [1.82, 2.24) is 20.6 Å². The molecule has 0 unspecified atom stereocenters. The van der Waals surface area contributed by atoms with Crippen LogP contribution in [0.2, 0.25) is 0 Å². The van der Waals surface area contributed by atoms with Crippen molar-refractivity contribution in [3.8, 4) is 11.4 Å². The molecular formula is C10H9N5O2. The van der Waals surface area contributed by atoms with Gasteiger partial charge in [-0.1, -0.05) is 12.1 Å². The molecule has 17 heavy (non-hydrogen) atoms. The summed E-state index contributed by atoms with van der Waals surface area (Å²) in [5, 5.41) is 13.6. The maximum absolute atomic E-state index is 11.5. The average molecular weight is 231 g/mol. The van der Waals surface area contributed by atoms with Crippen molar-refractivity contribution < 1.29 is 9.53 Å². The van der Waals surface area contributed by atoms with Gasteiger partial charge in [-0.3, -0.25) is 4.90 Å². The topological polar surface area (TPSA) is 84.0 Å². The number of aromatic nitrogens is 4. The molecule has 1 N–H and O–H groups in total. The van der Waals surface area contributed by atoms with Crippen molar-refractivity contribution in [3.05, 3.63) is 24.3 Å². The summed E-state index contributed by atoms with van der Waals surface area (Å²) in [6, 6.07) is 7.41. The zero-order chi connectivity index (χ0) is 11.7. The Morgan fingerprint density at radius 2 is 2.24 bits per heavy atom. The highest BCUT2D eigenvalue weighted by Gasteiger charge is 2.26. The predicted octanol–water partition coefficient (Wildman–Crippen LogP) is 0.823. The number of aromatic amines is 1. The largest absolute Gasteiger partial charge is 0.447 e. The maximum Gasteiger partial charge on any atom is 0.414 e. The van der Waals surface area contributed by atoms with Gasteiger partial charge in [0.1, 0.15) is 6.61 Å². The minimum absolute atomic E-state index is 0.343. The Morgan fingerprint density at radius 1 is 1.35 bits per heavy atom. The molecule has 1 fully saturated rings. The van der Waals surface area contributed by atoms with E-state index in [4.69, 9.17) is 4.74 Å². The van der Waals surface area contributed by atoms with Crippen LogP contribution in [0.4, 0.5) is 10.5 Å². The average Bonchev–Trinajstić information content (AvgIpc) is 3.00. The summed E-state index contributed by atoms with van der Waals surface area (Å²) in [7, 11) is 0. The van der Waals surface area contributed by atoms with Crippen molar-refractivity contribution in [2.75, 3.05) is 18.1 Å². The van der Waals surface area contributed by atoms with E-state index in [0.717, 1.165) is 11.3 Å². The second kappa shape index (κ2) is 3.85. The standard InChI is InChI=1S/C10H9N5O2/c16-10-15(5-6-17-10)8-4-2-1-3-7(8)9-11-13-14-12-9/h1-4H,5-6H2,(H,11,12,13,14). The van der Waals surface area contributed by atoms with Crippen LogP contribution in [0.25, 0.3) is 11.4 Å². The van der Waals surface area contributed by atoms with E-state index in [1.165, 1.54) is 0 Å². The van der Waals surface area contributed by atoms with Crippen LogP contribution in [0.1, 0.15) is 0 Å². The van der Waals surface area contributed by atoms with Crippen LogP contribution in [0, 0.1) is 0 Å². The molecule has 0 atom stereocenters. The third-order valence-corrected chi connectivity index (χ3v) is 2.56. The Bertz CT molecular complexity index is 539. The molecule has 2 aromatic rings. The Hall–Kier alpha value is -2.44. The molecule has 0 bridgehead atoms. The molecule has 1 aliphatic heterocycles. The Labute approximate surface area is 96.4 Å². The second-order valence-corrected chi connectivity index (χ2v) is 3.53.